The van der Waals surface area contributed by atoms with Gasteiger partial charge in [0.15, 0.2) is 0 Å². The van der Waals surface area contributed by atoms with Crippen LogP contribution in [0.25, 0.3) is 38.6 Å². The molecule has 26 heavy (non-hydrogen) atoms. The molecule has 0 spiro atoms. The molecular weight excluding hydrogens is 314 g/mol. The van der Waals surface area contributed by atoms with E-state index in [1.807, 2.05) is 0 Å². The fraction of sp³-hybridized carbons (Fsp3) is 0.0400. The van der Waals surface area contributed by atoms with Crippen molar-refractivity contribution in [2.45, 2.75) is 6.42 Å². The number of para-hydroxylation sites is 2. The predicted molar refractivity (Wildman–Crippen MR) is 109 cm³/mol. The van der Waals surface area contributed by atoms with Gasteiger partial charge in [0, 0.05) is 17.2 Å². The van der Waals surface area contributed by atoms with E-state index >= 15 is 0 Å². The maximum atomic E-state index is 8.89. The van der Waals surface area contributed by atoms with Crippen LogP contribution >= 0.6 is 0 Å². The van der Waals surface area contributed by atoms with E-state index in [0.29, 0.717) is 0 Å². The van der Waals surface area contributed by atoms with Gasteiger partial charge in [0.1, 0.15) is 0 Å². The average molecular weight is 347 g/mol. The van der Waals surface area contributed by atoms with Crippen LogP contribution in [-0.2, 0) is 6.42 Å². The van der Waals surface area contributed by atoms with E-state index in [4.69, 9.17) is 20.6 Å². The molecule has 0 saturated heterocycles. The quantitative estimate of drug-likeness (QED) is 0.327. The van der Waals surface area contributed by atoms with Crippen molar-refractivity contribution < 1.29 is 20.6 Å². The first kappa shape index (κ1) is 5.85. The Morgan fingerprint density at radius 2 is 1.23 bits per heavy atom. The van der Waals surface area contributed by atoms with Gasteiger partial charge in [0.2, 0.25) is 0 Å². The van der Waals surface area contributed by atoms with Crippen molar-refractivity contribution in [3.05, 3.63) is 102 Å². The summed E-state index contributed by atoms with van der Waals surface area (Å²) in [5, 5.41) is -0.431. The number of rotatable bonds is 1. The maximum Gasteiger partial charge on any atom is 0.0645 e. The summed E-state index contributed by atoms with van der Waals surface area (Å²) < 4.78 is 128. The zero-order valence-electron chi connectivity index (χ0n) is 28.2. The van der Waals surface area contributed by atoms with Gasteiger partial charge >= 0.3 is 0 Å². The molecule has 4 aromatic carbocycles. The highest BCUT2D eigenvalue weighted by Crippen LogP contribution is 2.41. The third-order valence-corrected chi connectivity index (χ3v) is 4.58. The second-order valence-electron chi connectivity index (χ2n) is 5.89. The lowest BCUT2D eigenvalue weighted by Crippen LogP contribution is -1.98. The Hall–Kier alpha value is -3.32. The fourth-order valence-electron chi connectivity index (χ4n) is 3.50. The molecule has 0 aliphatic heterocycles. The monoisotopic (exact) mass is 346 g/mol. The van der Waals surface area contributed by atoms with Gasteiger partial charge in [-0.25, -0.2) is 0 Å². The lowest BCUT2D eigenvalue weighted by Gasteiger charge is -2.13. The van der Waals surface area contributed by atoms with Crippen molar-refractivity contribution in [2.24, 2.45) is 0 Å². The van der Waals surface area contributed by atoms with Gasteiger partial charge < -0.3 is 4.57 Å². The Bertz CT molecular complexity index is 2000. The lowest BCUT2D eigenvalue weighted by atomic mass is 10.0. The first-order valence-electron chi connectivity index (χ1n) is 15.4. The van der Waals surface area contributed by atoms with Gasteiger partial charge in [0.05, 0.1) is 37.3 Å². The smallest absolute Gasteiger partial charge is 0.0645 e. The Balaban J connectivity index is 1.94. The van der Waals surface area contributed by atoms with Crippen molar-refractivity contribution in [3.63, 3.8) is 0 Å². The molecule has 0 atom stereocenters. The summed E-state index contributed by atoms with van der Waals surface area (Å²) in [5.41, 5.74) is -0.561. The van der Waals surface area contributed by atoms with Crippen molar-refractivity contribution in [2.75, 3.05) is 0 Å². The van der Waals surface area contributed by atoms with Crippen LogP contribution in [0.15, 0.2) is 90.6 Å². The molecule has 1 nitrogen and oxygen atoms in total. The van der Waals surface area contributed by atoms with Gasteiger partial charge in [-0.05, 0) is 40.4 Å². The Morgan fingerprint density at radius 3 is 2.00 bits per heavy atom. The van der Waals surface area contributed by atoms with Gasteiger partial charge in [-0.1, -0.05) is 72.5 Å². The summed E-state index contributed by atoms with van der Waals surface area (Å²) in [6, 6.07) is -8.45. The standard InChI is InChI=1S/C25H17N/c1-2-9-18-17(8-1)16-22-19(18)12-7-15-25(22)26-23-13-5-3-10-20(23)21-11-4-6-14-24(21)26/h1-15H,16H2/i1D,2D,3D,4D,5D,6D,7D,8D,9D,10D,11D,12D,13D,14D,15D. The van der Waals surface area contributed by atoms with Gasteiger partial charge in [-0.2, -0.15) is 0 Å². The van der Waals surface area contributed by atoms with Crippen molar-refractivity contribution in [3.8, 4) is 16.8 Å². The number of nitrogens with zero attached hydrogens (tertiary/aromatic N) is 1. The first-order valence-corrected chi connectivity index (χ1v) is 7.88. The Morgan fingerprint density at radius 1 is 0.615 bits per heavy atom. The third kappa shape index (κ3) is 1.75. The highest BCUT2D eigenvalue weighted by atomic mass is 15.0. The SMILES string of the molecule is [2H]c1c([2H])c([2H])c2c(c1[2H])Cc1c-2c([2H])c([2H])c([2H])c1-n1c2c([2H])c([2H])c([2H])c([2H])c2c2c([2H])c([2H])c([2H])c([2H])c21. The maximum absolute atomic E-state index is 8.89. The van der Waals surface area contributed by atoms with E-state index in [-0.39, 0.29) is 62.2 Å². The second kappa shape index (κ2) is 5.09. The van der Waals surface area contributed by atoms with Crippen LogP contribution in [0.2, 0.25) is 0 Å². The van der Waals surface area contributed by atoms with Crippen molar-refractivity contribution >= 4 is 21.8 Å². The summed E-state index contributed by atoms with van der Waals surface area (Å²) in [5.74, 6) is 0. The molecule has 0 N–H and O–H groups in total. The molecule has 1 aromatic heterocycles. The van der Waals surface area contributed by atoms with Gasteiger partial charge in [-0.15, -0.1) is 0 Å². The van der Waals surface area contributed by atoms with Crippen LogP contribution < -0.4 is 0 Å². The van der Waals surface area contributed by atoms with Crippen LogP contribution in [0.4, 0.5) is 0 Å². The molecular formula is C25H17N. The van der Waals surface area contributed by atoms with E-state index in [2.05, 4.69) is 0 Å². The predicted octanol–water partition coefficient (Wildman–Crippen LogP) is 6.35. The number of aromatic nitrogens is 1. The van der Waals surface area contributed by atoms with Gasteiger partial charge in [-0.3, -0.25) is 0 Å². The fourth-order valence-corrected chi connectivity index (χ4v) is 3.50. The first-order chi connectivity index (χ1) is 19.1. The molecule has 0 amide bonds. The topological polar surface area (TPSA) is 4.93 Å². The molecule has 1 heterocycles. The minimum absolute atomic E-state index is 0.0182. The second-order valence-corrected chi connectivity index (χ2v) is 5.89. The largest absolute Gasteiger partial charge is 0.309 e. The highest BCUT2D eigenvalue weighted by molar-refractivity contribution is 6.09. The molecule has 1 aliphatic carbocycles. The van der Waals surface area contributed by atoms with Gasteiger partial charge in [0.25, 0.3) is 0 Å². The highest BCUT2D eigenvalue weighted by Gasteiger charge is 2.22. The van der Waals surface area contributed by atoms with E-state index in [9.17, 15) is 0 Å². The molecule has 1 heteroatoms. The number of hydrogen-bond acceptors (Lipinski definition) is 0. The van der Waals surface area contributed by atoms with Crippen LogP contribution in [-0.4, -0.2) is 4.57 Å². The van der Waals surface area contributed by atoms with Crippen LogP contribution in [0.5, 0.6) is 0 Å². The molecule has 122 valence electrons. The molecule has 5 aromatic rings. The Kier molecular flexibility index (Phi) is 1.15. The normalized spacial score (nSPS) is 20.5. The molecule has 0 unspecified atom stereocenters. The van der Waals surface area contributed by atoms with Crippen LogP contribution in [0.3, 0.4) is 0 Å². The molecule has 1 aliphatic rings. The molecule has 0 radical (unpaired) electrons. The van der Waals surface area contributed by atoms with Crippen molar-refractivity contribution in [1.29, 1.82) is 0 Å². The van der Waals surface area contributed by atoms with Crippen molar-refractivity contribution in [1.82, 2.24) is 4.57 Å². The number of hydrogen-bond donors (Lipinski definition) is 0. The molecule has 6 rings (SSSR count). The third-order valence-electron chi connectivity index (χ3n) is 4.58. The summed E-state index contributed by atoms with van der Waals surface area (Å²) >= 11 is 0. The van der Waals surface area contributed by atoms with Crippen LogP contribution in [0.1, 0.15) is 31.7 Å². The summed E-state index contributed by atoms with van der Waals surface area (Å²) in [6.45, 7) is 0. The average Bonchev–Trinajstić information content (AvgIpc) is 3.51. The van der Waals surface area contributed by atoms with E-state index in [1.165, 1.54) is 0 Å². The Labute approximate surface area is 173 Å². The minimum Gasteiger partial charge on any atom is -0.309 e. The van der Waals surface area contributed by atoms with Crippen LogP contribution in [0, 0.1) is 0 Å². The lowest BCUT2D eigenvalue weighted by molar-refractivity contribution is 1.12. The zero-order chi connectivity index (χ0) is 30.1. The molecule has 0 fully saturated rings. The summed E-state index contributed by atoms with van der Waals surface area (Å²) in [6.07, 6.45) is -0.216. The minimum atomic E-state index is -0.656. The molecule has 0 bridgehead atoms. The zero-order valence-corrected chi connectivity index (χ0v) is 13.2. The summed E-state index contributed by atoms with van der Waals surface area (Å²) in [7, 11) is 0. The van der Waals surface area contributed by atoms with E-state index in [0.717, 1.165) is 4.57 Å². The number of benzene rings is 4. The summed E-state index contributed by atoms with van der Waals surface area (Å²) in [4.78, 5) is 0. The molecule has 0 saturated carbocycles. The number of fused-ring (bicyclic) bond motifs is 6. The van der Waals surface area contributed by atoms with E-state index in [1.54, 1.807) is 0 Å². The van der Waals surface area contributed by atoms with E-state index < -0.39 is 84.6 Å².